The second-order valence-corrected chi connectivity index (χ2v) is 2.26. The van der Waals surface area contributed by atoms with Crippen LogP contribution in [0, 0.1) is 0 Å². The van der Waals surface area contributed by atoms with Crippen molar-refractivity contribution in [2.75, 3.05) is 20.0 Å². The lowest BCUT2D eigenvalue weighted by atomic mass is 10.8. The highest BCUT2D eigenvalue weighted by atomic mass is 79.9. The predicted molar refractivity (Wildman–Crippen MR) is 31.8 cm³/mol. The highest BCUT2D eigenvalue weighted by Gasteiger charge is 2.19. The van der Waals surface area contributed by atoms with Gasteiger partial charge in [-0.1, -0.05) is 0 Å². The van der Waals surface area contributed by atoms with Gasteiger partial charge in [-0.15, -0.1) is 0 Å². The first-order valence-electron chi connectivity index (χ1n) is 2.41. The van der Waals surface area contributed by atoms with Crippen LogP contribution in [0.25, 0.3) is 0 Å². The van der Waals surface area contributed by atoms with Crippen molar-refractivity contribution in [2.45, 2.75) is 5.09 Å². The van der Waals surface area contributed by atoms with Crippen molar-refractivity contribution in [3.63, 3.8) is 0 Å². The lowest BCUT2D eigenvalue weighted by Gasteiger charge is -1.85. The van der Waals surface area contributed by atoms with E-state index in [0.29, 0.717) is 6.79 Å². The molecule has 2 nitrogen and oxygen atoms in total. The Labute approximate surface area is 64.4 Å². The van der Waals surface area contributed by atoms with Gasteiger partial charge in [0.05, 0.1) is 13.2 Å². The van der Waals surface area contributed by atoms with Crippen LogP contribution in [0.1, 0.15) is 0 Å². The van der Waals surface area contributed by atoms with E-state index < -0.39 is 5.09 Å². The number of halogens is 4. The van der Waals surface area contributed by atoms with E-state index in [1.54, 1.807) is 0 Å². The quantitative estimate of drug-likeness (QED) is 0.584. The Hall–Kier alpha value is 0.190. The molecular weight excluding hydrogens is 217 g/mol. The van der Waals surface area contributed by atoms with E-state index in [1.807, 2.05) is 0 Å². The first kappa shape index (κ1) is 10.2. The zero-order valence-corrected chi connectivity index (χ0v) is 6.54. The van der Waals surface area contributed by atoms with Crippen molar-refractivity contribution < 1.29 is 22.6 Å². The molecule has 10 heavy (non-hydrogen) atoms. The van der Waals surface area contributed by atoms with Crippen molar-refractivity contribution >= 4 is 15.9 Å². The Morgan fingerprint density at radius 2 is 1.40 bits per heavy atom. The summed E-state index contributed by atoms with van der Waals surface area (Å²) in [6.45, 7) is 2.06. The Bertz CT molecular complexity index is 67.5. The van der Waals surface area contributed by atoms with Gasteiger partial charge in [0, 0.05) is 15.9 Å². The molecule has 1 heterocycles. The average Bonchev–Trinajstić information content (AvgIpc) is 2.07. The molecule has 0 atom stereocenters. The van der Waals surface area contributed by atoms with Crippen molar-refractivity contribution in [1.29, 1.82) is 0 Å². The number of hydrogen-bond acceptors (Lipinski definition) is 2. The molecule has 0 aromatic heterocycles. The zero-order chi connectivity index (χ0) is 8.04. The van der Waals surface area contributed by atoms with Crippen LogP contribution in [-0.2, 0) is 9.47 Å². The van der Waals surface area contributed by atoms with Gasteiger partial charge in [-0.3, -0.25) is 0 Å². The van der Waals surface area contributed by atoms with Crippen LogP contribution in [-0.4, -0.2) is 25.1 Å². The van der Waals surface area contributed by atoms with Crippen LogP contribution in [0.3, 0.4) is 0 Å². The SMILES string of the molecule is C1COCO1.FC(F)(F)Br. The summed E-state index contributed by atoms with van der Waals surface area (Å²) in [6, 6.07) is 0. The second-order valence-electron chi connectivity index (χ2n) is 1.36. The Kier molecular flexibility index (Phi) is 5.02. The van der Waals surface area contributed by atoms with Crippen molar-refractivity contribution in [2.24, 2.45) is 0 Å². The van der Waals surface area contributed by atoms with Crippen molar-refractivity contribution in [3.05, 3.63) is 0 Å². The molecule has 0 radical (unpaired) electrons. The molecule has 0 bridgehead atoms. The molecule has 0 saturated carbocycles. The van der Waals surface area contributed by atoms with Crippen LogP contribution in [0.2, 0.25) is 0 Å². The third-order valence-electron chi connectivity index (χ3n) is 0.539. The monoisotopic (exact) mass is 222 g/mol. The lowest BCUT2D eigenvalue weighted by Crippen LogP contribution is -1.88. The minimum atomic E-state index is -4.19. The molecule has 0 amide bonds. The fraction of sp³-hybridized carbons (Fsp3) is 1.00. The number of ether oxygens (including phenoxy) is 2. The van der Waals surface area contributed by atoms with Gasteiger partial charge in [-0.05, 0) is 0 Å². The summed E-state index contributed by atoms with van der Waals surface area (Å²) in [5.74, 6) is 0. The van der Waals surface area contributed by atoms with Gasteiger partial charge in [-0.2, -0.15) is 13.2 Å². The first-order valence-corrected chi connectivity index (χ1v) is 3.20. The molecule has 6 heteroatoms. The summed E-state index contributed by atoms with van der Waals surface area (Å²) >= 11 is 1.38. The molecule has 0 N–H and O–H groups in total. The Balaban J connectivity index is 0.000000162. The molecule has 62 valence electrons. The van der Waals surface area contributed by atoms with Crippen LogP contribution >= 0.6 is 15.9 Å². The lowest BCUT2D eigenvalue weighted by molar-refractivity contribution is -0.0245. The third-order valence-corrected chi connectivity index (χ3v) is 0.539. The molecule has 1 fully saturated rings. The first-order chi connectivity index (χ1) is 4.50. The van der Waals surface area contributed by atoms with E-state index in [4.69, 9.17) is 9.47 Å². The van der Waals surface area contributed by atoms with Gasteiger partial charge in [0.25, 0.3) is 0 Å². The van der Waals surface area contributed by atoms with Gasteiger partial charge in [0.2, 0.25) is 0 Å². The predicted octanol–water partition coefficient (Wildman–Crippen LogP) is 1.89. The minimum Gasteiger partial charge on any atom is -0.353 e. The summed E-state index contributed by atoms with van der Waals surface area (Å²) in [5, 5.41) is -4.19. The van der Waals surface area contributed by atoms with E-state index >= 15 is 0 Å². The van der Waals surface area contributed by atoms with Gasteiger partial charge >= 0.3 is 5.09 Å². The van der Waals surface area contributed by atoms with Crippen molar-refractivity contribution in [3.8, 4) is 0 Å². The minimum absolute atomic E-state index is 0.500. The zero-order valence-electron chi connectivity index (χ0n) is 4.95. The molecule has 0 unspecified atom stereocenters. The maximum Gasteiger partial charge on any atom is 0.448 e. The van der Waals surface area contributed by atoms with Gasteiger partial charge in [-0.25, -0.2) is 0 Å². The van der Waals surface area contributed by atoms with Crippen LogP contribution in [0.5, 0.6) is 0 Å². The van der Waals surface area contributed by atoms with Gasteiger partial charge < -0.3 is 9.47 Å². The maximum atomic E-state index is 10.3. The van der Waals surface area contributed by atoms with Gasteiger partial charge in [0.1, 0.15) is 6.79 Å². The van der Waals surface area contributed by atoms with E-state index in [9.17, 15) is 13.2 Å². The number of alkyl halides is 4. The van der Waals surface area contributed by atoms with E-state index in [1.165, 1.54) is 15.9 Å². The van der Waals surface area contributed by atoms with E-state index in [0.717, 1.165) is 13.2 Å². The second kappa shape index (κ2) is 4.92. The number of hydrogen-bond donors (Lipinski definition) is 0. The molecule has 1 aliphatic heterocycles. The molecule has 0 aliphatic carbocycles. The third kappa shape index (κ3) is 15.7. The molecule has 0 spiro atoms. The van der Waals surface area contributed by atoms with Crippen LogP contribution in [0.15, 0.2) is 0 Å². The highest BCUT2D eigenvalue weighted by Crippen LogP contribution is 2.21. The molecule has 0 aromatic rings. The Morgan fingerprint density at radius 1 is 1.10 bits per heavy atom. The standard InChI is InChI=1S/C3H6O2.CBrF3/c1-2-5-3-4-1;2-1(3,4)5/h1-3H2;. The molecular formula is C4H6BrF3O2. The molecule has 1 rings (SSSR count). The fourth-order valence-electron chi connectivity index (χ4n) is 0.295. The van der Waals surface area contributed by atoms with Crippen molar-refractivity contribution in [1.82, 2.24) is 0 Å². The maximum absolute atomic E-state index is 10.3. The average molecular weight is 223 g/mol. The van der Waals surface area contributed by atoms with E-state index in [-0.39, 0.29) is 0 Å². The topological polar surface area (TPSA) is 18.5 Å². The summed E-state index contributed by atoms with van der Waals surface area (Å²) in [6.07, 6.45) is 0. The fourth-order valence-corrected chi connectivity index (χ4v) is 0.295. The number of rotatable bonds is 0. The molecule has 0 aromatic carbocycles. The molecule has 1 aliphatic rings. The smallest absolute Gasteiger partial charge is 0.353 e. The summed E-state index contributed by atoms with van der Waals surface area (Å²) in [7, 11) is 0. The van der Waals surface area contributed by atoms with Gasteiger partial charge in [0.15, 0.2) is 0 Å². The summed E-state index contributed by atoms with van der Waals surface area (Å²) in [5.41, 5.74) is 0. The molecule has 1 saturated heterocycles. The highest BCUT2D eigenvalue weighted by molar-refractivity contribution is 9.09. The van der Waals surface area contributed by atoms with E-state index in [2.05, 4.69) is 0 Å². The largest absolute Gasteiger partial charge is 0.448 e. The summed E-state index contributed by atoms with van der Waals surface area (Å²) < 4.78 is 40.3. The summed E-state index contributed by atoms with van der Waals surface area (Å²) in [4.78, 5) is 0. The van der Waals surface area contributed by atoms with Crippen LogP contribution < -0.4 is 0 Å². The normalized spacial score (nSPS) is 18.0. The van der Waals surface area contributed by atoms with Crippen LogP contribution in [0.4, 0.5) is 13.2 Å². The Morgan fingerprint density at radius 3 is 1.50 bits per heavy atom.